The molecule has 1 rings (SSSR count). The monoisotopic (exact) mass is 261 g/mol. The van der Waals surface area contributed by atoms with E-state index in [2.05, 4.69) is 23.9 Å². The minimum absolute atomic E-state index is 0.132. The van der Waals surface area contributed by atoms with Crippen molar-refractivity contribution in [1.82, 2.24) is 5.32 Å². The number of carbonyl (C=O) groups is 2. The Bertz CT molecular complexity index is 487. The maximum atomic E-state index is 11.5. The van der Waals surface area contributed by atoms with Crippen LogP contribution in [0.1, 0.15) is 37.8 Å². The first-order valence-electron chi connectivity index (χ1n) is 6.11. The van der Waals surface area contributed by atoms with Crippen molar-refractivity contribution < 1.29 is 14.3 Å². The topological polar surface area (TPSA) is 55.4 Å². The van der Waals surface area contributed by atoms with Gasteiger partial charge in [0.2, 0.25) is 5.91 Å². The molecular weight excluding hydrogens is 242 g/mol. The molecule has 0 aliphatic rings. The van der Waals surface area contributed by atoms with Crippen LogP contribution in [0.25, 0.3) is 6.08 Å². The van der Waals surface area contributed by atoms with Gasteiger partial charge in [-0.1, -0.05) is 38.1 Å². The van der Waals surface area contributed by atoms with Crippen LogP contribution < -0.4 is 5.32 Å². The van der Waals surface area contributed by atoms with E-state index in [0.717, 1.165) is 5.56 Å². The smallest absolute Gasteiger partial charge is 0.354 e. The molecule has 0 aromatic heterocycles. The lowest BCUT2D eigenvalue weighted by Crippen LogP contribution is -2.25. The summed E-state index contributed by atoms with van der Waals surface area (Å²) in [5.41, 5.74) is 2.18. The van der Waals surface area contributed by atoms with Gasteiger partial charge in [-0.15, -0.1) is 0 Å². The van der Waals surface area contributed by atoms with Gasteiger partial charge < -0.3 is 10.1 Å². The molecule has 4 nitrogen and oxygen atoms in total. The Morgan fingerprint density at radius 2 is 1.79 bits per heavy atom. The third-order valence-corrected chi connectivity index (χ3v) is 2.63. The average Bonchev–Trinajstić information content (AvgIpc) is 2.37. The van der Waals surface area contributed by atoms with Crippen molar-refractivity contribution in [2.45, 2.75) is 26.7 Å². The molecule has 0 saturated carbocycles. The highest BCUT2D eigenvalue weighted by atomic mass is 16.5. The summed E-state index contributed by atoms with van der Waals surface area (Å²) >= 11 is 0. The van der Waals surface area contributed by atoms with Crippen molar-refractivity contribution in [3.05, 3.63) is 41.1 Å². The summed E-state index contributed by atoms with van der Waals surface area (Å²) in [6.07, 6.45) is 1.59. The quantitative estimate of drug-likeness (QED) is 0.669. The van der Waals surface area contributed by atoms with Crippen LogP contribution in [0.3, 0.4) is 0 Å². The Hall–Kier alpha value is -2.10. The van der Waals surface area contributed by atoms with Gasteiger partial charge in [-0.3, -0.25) is 4.79 Å². The number of hydrogen-bond donors (Lipinski definition) is 1. The standard InChI is InChI=1S/C15H19NO3/c1-10(2)13-7-5-12(6-8-13)9-14(15(18)19-4)16-11(3)17/h5-10H,1-4H3,(H,16,17). The van der Waals surface area contributed by atoms with E-state index < -0.39 is 5.97 Å². The third-order valence-electron chi connectivity index (χ3n) is 2.63. The fraction of sp³-hybridized carbons (Fsp3) is 0.333. The Labute approximate surface area is 113 Å². The summed E-state index contributed by atoms with van der Waals surface area (Å²) in [4.78, 5) is 22.6. The number of methoxy groups -OCH3 is 1. The Morgan fingerprint density at radius 1 is 1.21 bits per heavy atom. The summed E-state index contributed by atoms with van der Waals surface area (Å²) in [7, 11) is 1.28. The van der Waals surface area contributed by atoms with Crippen LogP contribution in [0.2, 0.25) is 0 Å². The number of amides is 1. The van der Waals surface area contributed by atoms with Gasteiger partial charge >= 0.3 is 5.97 Å². The van der Waals surface area contributed by atoms with E-state index in [1.54, 1.807) is 6.08 Å². The first-order valence-corrected chi connectivity index (χ1v) is 6.11. The second kappa shape index (κ2) is 6.73. The molecule has 0 aliphatic heterocycles. The van der Waals surface area contributed by atoms with E-state index in [0.29, 0.717) is 5.92 Å². The van der Waals surface area contributed by atoms with Crippen molar-refractivity contribution in [3.63, 3.8) is 0 Å². The molecule has 0 atom stereocenters. The minimum atomic E-state index is -0.567. The molecule has 0 heterocycles. The fourth-order valence-corrected chi connectivity index (χ4v) is 1.59. The molecule has 19 heavy (non-hydrogen) atoms. The zero-order valence-corrected chi connectivity index (χ0v) is 11.7. The van der Waals surface area contributed by atoms with Crippen molar-refractivity contribution >= 4 is 18.0 Å². The highest BCUT2D eigenvalue weighted by Gasteiger charge is 2.11. The maximum Gasteiger partial charge on any atom is 0.354 e. The zero-order valence-electron chi connectivity index (χ0n) is 11.7. The fourth-order valence-electron chi connectivity index (χ4n) is 1.59. The Balaban J connectivity index is 3.00. The molecule has 0 bridgehead atoms. The molecule has 1 amide bonds. The molecule has 1 aromatic rings. The molecule has 1 N–H and O–H groups in total. The molecule has 4 heteroatoms. The second-order valence-corrected chi connectivity index (χ2v) is 4.55. The van der Waals surface area contributed by atoms with Crippen LogP contribution in [-0.4, -0.2) is 19.0 Å². The lowest BCUT2D eigenvalue weighted by molar-refractivity contribution is -0.137. The number of hydrogen-bond acceptors (Lipinski definition) is 3. The molecule has 0 unspecified atom stereocenters. The predicted molar refractivity (Wildman–Crippen MR) is 74.3 cm³/mol. The molecule has 0 saturated heterocycles. The largest absolute Gasteiger partial charge is 0.464 e. The van der Waals surface area contributed by atoms with Crippen LogP contribution in [0.4, 0.5) is 0 Å². The highest BCUT2D eigenvalue weighted by molar-refractivity contribution is 5.97. The van der Waals surface area contributed by atoms with Gasteiger partial charge in [0, 0.05) is 6.92 Å². The zero-order chi connectivity index (χ0) is 14.4. The summed E-state index contributed by atoms with van der Waals surface area (Å²) in [5.74, 6) is -0.424. The molecule has 0 aliphatic carbocycles. The van der Waals surface area contributed by atoms with E-state index in [4.69, 9.17) is 0 Å². The predicted octanol–water partition coefficient (Wildman–Crippen LogP) is 2.46. The van der Waals surface area contributed by atoms with Crippen LogP contribution in [0.5, 0.6) is 0 Å². The van der Waals surface area contributed by atoms with Gasteiger partial charge in [0.25, 0.3) is 0 Å². The van der Waals surface area contributed by atoms with E-state index in [9.17, 15) is 9.59 Å². The van der Waals surface area contributed by atoms with Gasteiger partial charge in [-0.25, -0.2) is 4.79 Å². The second-order valence-electron chi connectivity index (χ2n) is 4.55. The Kier molecular flexibility index (Phi) is 5.30. The van der Waals surface area contributed by atoms with Gasteiger partial charge in [0.15, 0.2) is 0 Å². The molecule has 0 radical (unpaired) electrons. The summed E-state index contributed by atoms with van der Waals surface area (Å²) in [6.45, 7) is 5.57. The average molecular weight is 261 g/mol. The number of carbonyl (C=O) groups excluding carboxylic acids is 2. The first-order chi connectivity index (χ1) is 8.93. The number of rotatable bonds is 4. The van der Waals surface area contributed by atoms with E-state index in [1.165, 1.54) is 19.6 Å². The molecule has 1 aromatic carbocycles. The number of ether oxygens (including phenoxy) is 1. The number of benzene rings is 1. The maximum absolute atomic E-state index is 11.5. The van der Waals surface area contributed by atoms with E-state index in [1.807, 2.05) is 24.3 Å². The first kappa shape index (κ1) is 15.0. The lowest BCUT2D eigenvalue weighted by Gasteiger charge is -2.07. The molecule has 0 fully saturated rings. The summed E-state index contributed by atoms with van der Waals surface area (Å²) in [6, 6.07) is 7.80. The van der Waals surface area contributed by atoms with Crippen molar-refractivity contribution in [3.8, 4) is 0 Å². The lowest BCUT2D eigenvalue weighted by atomic mass is 10.0. The third kappa shape index (κ3) is 4.58. The summed E-state index contributed by atoms with van der Waals surface area (Å²) in [5, 5.41) is 2.46. The van der Waals surface area contributed by atoms with Gasteiger partial charge in [-0.05, 0) is 23.1 Å². The summed E-state index contributed by atoms with van der Waals surface area (Å²) < 4.78 is 4.63. The molecule has 102 valence electrons. The highest BCUT2D eigenvalue weighted by Crippen LogP contribution is 2.16. The van der Waals surface area contributed by atoms with Crippen LogP contribution in [0, 0.1) is 0 Å². The van der Waals surface area contributed by atoms with E-state index >= 15 is 0 Å². The van der Waals surface area contributed by atoms with Gasteiger partial charge in [-0.2, -0.15) is 0 Å². The van der Waals surface area contributed by atoms with Crippen LogP contribution in [-0.2, 0) is 14.3 Å². The molecule has 0 spiro atoms. The van der Waals surface area contributed by atoms with Crippen LogP contribution >= 0.6 is 0 Å². The number of nitrogens with one attached hydrogen (secondary N) is 1. The Morgan fingerprint density at radius 3 is 2.21 bits per heavy atom. The van der Waals surface area contributed by atoms with Gasteiger partial charge in [0.1, 0.15) is 5.70 Å². The van der Waals surface area contributed by atoms with Gasteiger partial charge in [0.05, 0.1) is 7.11 Å². The molecular formula is C15H19NO3. The SMILES string of the molecule is COC(=O)C(=Cc1ccc(C(C)C)cc1)NC(C)=O. The van der Waals surface area contributed by atoms with Crippen molar-refractivity contribution in [1.29, 1.82) is 0 Å². The van der Waals surface area contributed by atoms with Crippen molar-refractivity contribution in [2.75, 3.05) is 7.11 Å². The minimum Gasteiger partial charge on any atom is -0.464 e. The van der Waals surface area contributed by atoms with E-state index in [-0.39, 0.29) is 11.6 Å². The van der Waals surface area contributed by atoms with Crippen LogP contribution in [0.15, 0.2) is 30.0 Å². The number of esters is 1. The van der Waals surface area contributed by atoms with Crippen molar-refractivity contribution in [2.24, 2.45) is 0 Å². The normalized spacial score (nSPS) is 11.3.